The van der Waals surface area contributed by atoms with Gasteiger partial charge in [-0.15, -0.1) is 0 Å². The molecule has 0 fully saturated rings. The zero-order chi connectivity index (χ0) is 17.2. The molecule has 0 aliphatic carbocycles. The molecule has 3 N–H and O–H groups in total. The van der Waals surface area contributed by atoms with Crippen LogP contribution in [0, 0.1) is 6.92 Å². The molecule has 0 saturated carbocycles. The van der Waals surface area contributed by atoms with Gasteiger partial charge < -0.3 is 20.5 Å². The predicted molar refractivity (Wildman–Crippen MR) is 87.5 cm³/mol. The van der Waals surface area contributed by atoms with Crippen LogP contribution in [0.25, 0.3) is 0 Å². The first kappa shape index (κ1) is 17.3. The molecule has 1 aromatic rings. The summed E-state index contributed by atoms with van der Waals surface area (Å²) in [5.41, 5.74) is 3.26. The fourth-order valence-electron chi connectivity index (χ4n) is 2.63. The van der Waals surface area contributed by atoms with Gasteiger partial charge >= 0.3 is 6.09 Å². The number of carbonyl (C=O) groups excluding carboxylic acids is 2. The number of rotatable bonds is 4. The quantitative estimate of drug-likeness (QED) is 0.791. The summed E-state index contributed by atoms with van der Waals surface area (Å²) in [6, 6.07) is 3.34. The minimum atomic E-state index is -0.584. The van der Waals surface area contributed by atoms with Gasteiger partial charge in [-0.3, -0.25) is 4.79 Å². The second kappa shape index (κ2) is 6.58. The minimum absolute atomic E-state index is 0.00848. The molecule has 1 unspecified atom stereocenters. The predicted octanol–water partition coefficient (Wildman–Crippen LogP) is 1.92. The second-order valence-electron chi connectivity index (χ2n) is 6.83. The maximum absolute atomic E-state index is 11.8. The Balaban J connectivity index is 2.07. The molecule has 6 nitrogen and oxygen atoms in total. The monoisotopic (exact) mass is 320 g/mol. The Bertz CT molecular complexity index is 620. The maximum Gasteiger partial charge on any atom is 0.407 e. The number of alkyl carbamates (subject to hydrolysis) is 1. The number of aliphatic hydroxyl groups excluding tert-OH is 1. The first-order valence-corrected chi connectivity index (χ1v) is 7.71. The molecule has 1 heterocycles. The molecule has 0 spiro atoms. The standard InChI is InChI=1S/C17H24N2O4/c1-10-11(5-6-14-13(10)8-15(21)19-14)7-12(9-20)18-16(22)23-17(2,3)4/h5-6,12,20H,7-9H2,1-4H3,(H,18,22)(H,19,21). The number of carbonyl (C=O) groups is 2. The van der Waals surface area contributed by atoms with E-state index in [1.165, 1.54) is 0 Å². The zero-order valence-electron chi connectivity index (χ0n) is 14.0. The number of benzene rings is 1. The Morgan fingerprint density at radius 1 is 1.43 bits per heavy atom. The molecule has 2 rings (SSSR count). The first-order valence-electron chi connectivity index (χ1n) is 7.71. The van der Waals surface area contributed by atoms with Crippen LogP contribution in [0.3, 0.4) is 0 Å². The molecule has 23 heavy (non-hydrogen) atoms. The van der Waals surface area contributed by atoms with Gasteiger partial charge in [0, 0.05) is 5.69 Å². The van der Waals surface area contributed by atoms with Gasteiger partial charge in [-0.25, -0.2) is 4.79 Å². The van der Waals surface area contributed by atoms with E-state index in [9.17, 15) is 14.7 Å². The van der Waals surface area contributed by atoms with Crippen molar-refractivity contribution in [3.63, 3.8) is 0 Å². The Morgan fingerprint density at radius 2 is 2.13 bits per heavy atom. The molecule has 2 amide bonds. The summed E-state index contributed by atoms with van der Waals surface area (Å²) in [6.45, 7) is 7.13. The van der Waals surface area contributed by atoms with E-state index in [1.807, 2.05) is 19.1 Å². The number of amides is 2. The van der Waals surface area contributed by atoms with Crippen molar-refractivity contribution in [1.82, 2.24) is 5.32 Å². The normalized spacial score (nSPS) is 14.9. The number of anilines is 1. The van der Waals surface area contributed by atoms with Crippen LogP contribution in [0.1, 0.15) is 37.5 Å². The van der Waals surface area contributed by atoms with E-state index in [4.69, 9.17) is 4.74 Å². The van der Waals surface area contributed by atoms with Gasteiger partial charge in [-0.1, -0.05) is 6.07 Å². The average molecular weight is 320 g/mol. The maximum atomic E-state index is 11.8. The summed E-state index contributed by atoms with van der Waals surface area (Å²) >= 11 is 0. The van der Waals surface area contributed by atoms with E-state index in [-0.39, 0.29) is 12.5 Å². The summed E-state index contributed by atoms with van der Waals surface area (Å²) in [4.78, 5) is 23.3. The molecule has 1 aliphatic rings. The molecule has 1 aliphatic heterocycles. The SMILES string of the molecule is Cc1c(CC(CO)NC(=O)OC(C)(C)C)ccc2c1CC(=O)N2. The van der Waals surface area contributed by atoms with Gasteiger partial charge in [0.25, 0.3) is 0 Å². The first-order chi connectivity index (χ1) is 10.7. The topological polar surface area (TPSA) is 87.7 Å². The average Bonchev–Trinajstić information content (AvgIpc) is 2.80. The van der Waals surface area contributed by atoms with Crippen molar-refractivity contribution in [3.05, 3.63) is 28.8 Å². The van der Waals surface area contributed by atoms with Crippen LogP contribution in [0.2, 0.25) is 0 Å². The largest absolute Gasteiger partial charge is 0.444 e. The van der Waals surface area contributed by atoms with E-state index in [0.29, 0.717) is 12.8 Å². The van der Waals surface area contributed by atoms with E-state index in [2.05, 4.69) is 10.6 Å². The van der Waals surface area contributed by atoms with Crippen LogP contribution < -0.4 is 10.6 Å². The third kappa shape index (κ3) is 4.45. The summed E-state index contributed by atoms with van der Waals surface area (Å²) in [6.07, 6.45) is 0.300. The fourth-order valence-corrected chi connectivity index (χ4v) is 2.63. The Labute approximate surface area is 136 Å². The van der Waals surface area contributed by atoms with E-state index >= 15 is 0 Å². The highest BCUT2D eigenvalue weighted by molar-refractivity contribution is 5.99. The lowest BCUT2D eigenvalue weighted by Crippen LogP contribution is -2.42. The molecular formula is C17H24N2O4. The number of nitrogens with one attached hydrogen (secondary N) is 2. The lowest BCUT2D eigenvalue weighted by Gasteiger charge is -2.23. The van der Waals surface area contributed by atoms with Crippen molar-refractivity contribution in [3.8, 4) is 0 Å². The molecule has 1 aromatic carbocycles. The van der Waals surface area contributed by atoms with Gasteiger partial charge in [0.2, 0.25) is 5.91 Å². The summed E-state index contributed by atoms with van der Waals surface area (Å²) in [5, 5.41) is 15.0. The zero-order valence-corrected chi connectivity index (χ0v) is 14.0. The Morgan fingerprint density at radius 3 is 2.74 bits per heavy atom. The van der Waals surface area contributed by atoms with E-state index in [0.717, 1.165) is 22.4 Å². The van der Waals surface area contributed by atoms with Crippen LogP contribution in [0.4, 0.5) is 10.5 Å². The Kier molecular flexibility index (Phi) is 4.94. The third-order valence-electron chi connectivity index (χ3n) is 3.73. The van der Waals surface area contributed by atoms with Gasteiger partial charge in [-0.05, 0) is 56.9 Å². The van der Waals surface area contributed by atoms with Crippen LogP contribution in [-0.2, 0) is 22.4 Å². The Hall–Kier alpha value is -2.08. The highest BCUT2D eigenvalue weighted by Gasteiger charge is 2.23. The lowest BCUT2D eigenvalue weighted by atomic mass is 9.95. The highest BCUT2D eigenvalue weighted by Crippen LogP contribution is 2.29. The van der Waals surface area contributed by atoms with Gasteiger partial charge in [-0.2, -0.15) is 0 Å². The van der Waals surface area contributed by atoms with Crippen LogP contribution in [-0.4, -0.2) is 35.4 Å². The summed E-state index contributed by atoms with van der Waals surface area (Å²) in [5.74, 6) is -0.00848. The molecule has 0 saturated heterocycles. The molecule has 0 radical (unpaired) electrons. The number of aliphatic hydroxyl groups is 1. The molecule has 1 atom stereocenters. The van der Waals surface area contributed by atoms with Gasteiger partial charge in [0.05, 0.1) is 19.1 Å². The van der Waals surface area contributed by atoms with Crippen molar-refractivity contribution in [2.24, 2.45) is 0 Å². The van der Waals surface area contributed by atoms with Crippen LogP contribution >= 0.6 is 0 Å². The van der Waals surface area contributed by atoms with Gasteiger partial charge in [0.15, 0.2) is 0 Å². The van der Waals surface area contributed by atoms with Crippen molar-refractivity contribution < 1.29 is 19.4 Å². The van der Waals surface area contributed by atoms with Gasteiger partial charge in [0.1, 0.15) is 5.60 Å². The molecular weight excluding hydrogens is 296 g/mol. The lowest BCUT2D eigenvalue weighted by molar-refractivity contribution is -0.115. The number of hydrogen-bond acceptors (Lipinski definition) is 4. The third-order valence-corrected chi connectivity index (χ3v) is 3.73. The molecule has 0 bridgehead atoms. The van der Waals surface area contributed by atoms with Crippen molar-refractivity contribution in [1.29, 1.82) is 0 Å². The van der Waals surface area contributed by atoms with E-state index in [1.54, 1.807) is 20.8 Å². The van der Waals surface area contributed by atoms with Crippen molar-refractivity contribution >= 4 is 17.7 Å². The molecule has 6 heteroatoms. The number of ether oxygens (including phenoxy) is 1. The van der Waals surface area contributed by atoms with Crippen molar-refractivity contribution in [2.45, 2.75) is 52.2 Å². The highest BCUT2D eigenvalue weighted by atomic mass is 16.6. The summed E-state index contributed by atoms with van der Waals surface area (Å²) < 4.78 is 5.21. The van der Waals surface area contributed by atoms with E-state index < -0.39 is 17.7 Å². The molecule has 126 valence electrons. The second-order valence-corrected chi connectivity index (χ2v) is 6.83. The number of fused-ring (bicyclic) bond motifs is 1. The molecule has 0 aromatic heterocycles. The van der Waals surface area contributed by atoms with Crippen molar-refractivity contribution in [2.75, 3.05) is 11.9 Å². The summed E-state index contributed by atoms with van der Waals surface area (Å²) in [7, 11) is 0. The fraction of sp³-hybridized carbons (Fsp3) is 0.529. The smallest absolute Gasteiger partial charge is 0.407 e. The van der Waals surface area contributed by atoms with Crippen LogP contribution in [0.15, 0.2) is 12.1 Å². The minimum Gasteiger partial charge on any atom is -0.444 e. The number of hydrogen-bond donors (Lipinski definition) is 3. The van der Waals surface area contributed by atoms with Crippen LogP contribution in [0.5, 0.6) is 0 Å².